The number of methoxy groups -OCH3 is 2. The monoisotopic (exact) mass is 531 g/mol. The first-order chi connectivity index (χ1) is 19.0. The van der Waals surface area contributed by atoms with Crippen molar-refractivity contribution < 1.29 is 23.5 Å². The van der Waals surface area contributed by atoms with Crippen LogP contribution in [0.4, 0.5) is 10.1 Å². The third-order valence-corrected chi connectivity index (χ3v) is 7.03. The van der Waals surface area contributed by atoms with Crippen molar-refractivity contribution in [3.8, 4) is 11.5 Å². The minimum Gasteiger partial charge on any atom is -0.497 e. The summed E-state index contributed by atoms with van der Waals surface area (Å²) in [5.74, 6) is -0.754. The number of hydrogen-bond acceptors (Lipinski definition) is 6. The van der Waals surface area contributed by atoms with Gasteiger partial charge >= 0.3 is 0 Å². The van der Waals surface area contributed by atoms with Crippen LogP contribution < -0.4 is 19.7 Å². The molecule has 0 spiro atoms. The Hall–Kier alpha value is -4.47. The normalized spacial score (nSPS) is 14.2. The Morgan fingerprint density at radius 3 is 2.54 bits per heavy atom. The van der Waals surface area contributed by atoms with Crippen LogP contribution in [0.25, 0.3) is 11.0 Å². The van der Waals surface area contributed by atoms with Crippen LogP contribution in [-0.4, -0.2) is 47.1 Å². The molecular weight excluding hydrogens is 501 g/mol. The van der Waals surface area contributed by atoms with Gasteiger partial charge in [0, 0.05) is 17.7 Å². The minimum absolute atomic E-state index is 0.0268. The zero-order chi connectivity index (χ0) is 27.4. The first-order valence-electron chi connectivity index (χ1n) is 12.9. The molecule has 1 fully saturated rings. The molecule has 10 heteroatoms. The van der Waals surface area contributed by atoms with Crippen LogP contribution in [0.3, 0.4) is 0 Å². The molecule has 0 bridgehead atoms. The highest BCUT2D eigenvalue weighted by Crippen LogP contribution is 2.37. The van der Waals surface area contributed by atoms with Crippen molar-refractivity contribution in [2.75, 3.05) is 19.1 Å². The number of hydrogen-bond donors (Lipinski definition) is 1. The van der Waals surface area contributed by atoms with E-state index in [1.807, 2.05) is 12.1 Å². The predicted octanol–water partition coefficient (Wildman–Crippen LogP) is 4.42. The molecule has 0 saturated heterocycles. The van der Waals surface area contributed by atoms with Crippen LogP contribution in [-0.2, 0) is 16.1 Å². The summed E-state index contributed by atoms with van der Waals surface area (Å²) in [4.78, 5) is 29.3. The smallest absolute Gasteiger partial charge is 0.249 e. The SMILES string of the molecule is COc1ccc([C@H](C(=O)NC2CCCC2)N(C(=O)Cn2nnc3ccccc32)c2ccccc2F)c(OC)c1. The van der Waals surface area contributed by atoms with Gasteiger partial charge in [-0.25, -0.2) is 9.07 Å². The quantitative estimate of drug-likeness (QED) is 0.343. The van der Waals surface area contributed by atoms with Crippen LogP contribution in [0, 0.1) is 5.82 Å². The molecule has 0 aliphatic heterocycles. The van der Waals surface area contributed by atoms with Gasteiger partial charge in [-0.2, -0.15) is 0 Å². The van der Waals surface area contributed by atoms with E-state index in [0.29, 0.717) is 28.1 Å². The summed E-state index contributed by atoms with van der Waals surface area (Å²) >= 11 is 0. The summed E-state index contributed by atoms with van der Waals surface area (Å²) in [6.07, 6.45) is 3.71. The number of fused-ring (bicyclic) bond motifs is 1. The van der Waals surface area contributed by atoms with E-state index in [2.05, 4.69) is 15.6 Å². The number of para-hydroxylation sites is 2. The second kappa shape index (κ2) is 11.5. The van der Waals surface area contributed by atoms with Gasteiger partial charge in [-0.3, -0.25) is 14.5 Å². The number of nitrogens with zero attached hydrogens (tertiary/aromatic N) is 4. The van der Waals surface area contributed by atoms with Crippen molar-refractivity contribution in [1.82, 2.24) is 20.3 Å². The highest BCUT2D eigenvalue weighted by Gasteiger charge is 2.37. The number of amides is 2. The number of nitrogens with one attached hydrogen (secondary N) is 1. The van der Waals surface area contributed by atoms with E-state index in [1.54, 1.807) is 36.4 Å². The lowest BCUT2D eigenvalue weighted by Gasteiger charge is -2.33. The molecule has 1 aliphatic carbocycles. The number of anilines is 1. The van der Waals surface area contributed by atoms with Crippen LogP contribution in [0.1, 0.15) is 37.3 Å². The maximum absolute atomic E-state index is 15.4. The van der Waals surface area contributed by atoms with Gasteiger partial charge in [-0.15, -0.1) is 5.10 Å². The number of benzene rings is 3. The second-order valence-electron chi connectivity index (χ2n) is 9.45. The molecule has 5 rings (SSSR count). The lowest BCUT2D eigenvalue weighted by molar-refractivity contribution is -0.127. The van der Waals surface area contributed by atoms with Gasteiger partial charge < -0.3 is 14.8 Å². The summed E-state index contributed by atoms with van der Waals surface area (Å²) in [6, 6.07) is 16.9. The Kier molecular flexibility index (Phi) is 7.72. The van der Waals surface area contributed by atoms with Crippen LogP contribution >= 0.6 is 0 Å². The summed E-state index contributed by atoms with van der Waals surface area (Å²) in [5, 5.41) is 11.4. The maximum Gasteiger partial charge on any atom is 0.249 e. The summed E-state index contributed by atoms with van der Waals surface area (Å²) in [5.41, 5.74) is 1.63. The Balaban J connectivity index is 1.63. The van der Waals surface area contributed by atoms with Crippen molar-refractivity contribution in [2.24, 2.45) is 0 Å². The molecule has 0 radical (unpaired) electrons. The molecule has 2 amide bonds. The lowest BCUT2D eigenvalue weighted by Crippen LogP contribution is -2.47. The Morgan fingerprint density at radius 1 is 1.05 bits per heavy atom. The molecule has 3 aromatic carbocycles. The number of carbonyl (C=O) groups is 2. The Morgan fingerprint density at radius 2 is 1.79 bits per heavy atom. The molecule has 202 valence electrons. The third-order valence-electron chi connectivity index (χ3n) is 7.03. The molecule has 1 aromatic heterocycles. The third kappa shape index (κ3) is 5.41. The maximum atomic E-state index is 15.4. The second-order valence-corrected chi connectivity index (χ2v) is 9.45. The standard InChI is InChI=1S/C29H30FN5O4/c1-38-20-15-16-21(26(17-20)39-2)28(29(37)31-19-9-3-4-10-19)35(24-13-7-5-11-22(24)30)27(36)18-34-25-14-8-6-12-23(25)32-33-34/h5-8,11-17,19,28H,3-4,9-10,18H2,1-2H3,(H,31,37)/t28-/m1/s1. The molecule has 39 heavy (non-hydrogen) atoms. The first kappa shape index (κ1) is 26.1. The van der Waals surface area contributed by atoms with Crippen molar-refractivity contribution in [1.29, 1.82) is 0 Å². The molecule has 4 aromatic rings. The highest BCUT2D eigenvalue weighted by atomic mass is 19.1. The van der Waals surface area contributed by atoms with E-state index >= 15 is 4.39 Å². The van der Waals surface area contributed by atoms with Gasteiger partial charge in [-0.1, -0.05) is 42.3 Å². The topological polar surface area (TPSA) is 98.6 Å². The van der Waals surface area contributed by atoms with Crippen molar-refractivity contribution in [3.63, 3.8) is 0 Å². The average molecular weight is 532 g/mol. The number of aromatic nitrogens is 3. The zero-order valence-electron chi connectivity index (χ0n) is 21.8. The zero-order valence-corrected chi connectivity index (χ0v) is 21.8. The van der Waals surface area contributed by atoms with Crippen LogP contribution in [0.2, 0.25) is 0 Å². The highest BCUT2D eigenvalue weighted by molar-refractivity contribution is 6.02. The van der Waals surface area contributed by atoms with Crippen LogP contribution in [0.5, 0.6) is 11.5 Å². The van der Waals surface area contributed by atoms with E-state index in [1.165, 1.54) is 42.0 Å². The van der Waals surface area contributed by atoms with Gasteiger partial charge in [0.25, 0.3) is 0 Å². The van der Waals surface area contributed by atoms with Gasteiger partial charge in [0.1, 0.15) is 35.4 Å². The van der Waals surface area contributed by atoms with Gasteiger partial charge in [0.05, 0.1) is 25.4 Å². The number of ether oxygens (including phenoxy) is 2. The first-order valence-corrected chi connectivity index (χ1v) is 12.9. The fourth-order valence-electron chi connectivity index (χ4n) is 5.10. The Labute approximate surface area is 225 Å². The molecule has 9 nitrogen and oxygen atoms in total. The van der Waals surface area contributed by atoms with Gasteiger partial charge in [-0.05, 0) is 49.2 Å². The number of halogens is 1. The molecule has 0 unspecified atom stereocenters. The van der Waals surface area contributed by atoms with E-state index in [-0.39, 0.29) is 18.3 Å². The van der Waals surface area contributed by atoms with Gasteiger partial charge in [0.15, 0.2) is 0 Å². The van der Waals surface area contributed by atoms with Crippen LogP contribution in [0.15, 0.2) is 66.7 Å². The van der Waals surface area contributed by atoms with E-state index in [4.69, 9.17) is 9.47 Å². The fourth-order valence-corrected chi connectivity index (χ4v) is 5.10. The minimum atomic E-state index is -1.23. The summed E-state index contributed by atoms with van der Waals surface area (Å²) < 4.78 is 27.8. The van der Waals surface area contributed by atoms with Gasteiger partial charge in [0.2, 0.25) is 11.8 Å². The largest absolute Gasteiger partial charge is 0.497 e. The molecular formula is C29H30FN5O4. The molecule has 1 atom stereocenters. The summed E-state index contributed by atoms with van der Waals surface area (Å²) in [6.45, 7) is -0.263. The fraction of sp³-hybridized carbons (Fsp3) is 0.310. The summed E-state index contributed by atoms with van der Waals surface area (Å²) in [7, 11) is 3.00. The van der Waals surface area contributed by atoms with E-state index in [0.717, 1.165) is 25.7 Å². The average Bonchev–Trinajstić information content (AvgIpc) is 3.62. The number of carbonyl (C=O) groups excluding carboxylic acids is 2. The molecule has 1 saturated carbocycles. The predicted molar refractivity (Wildman–Crippen MR) is 144 cm³/mol. The molecule has 1 aliphatic rings. The van der Waals surface area contributed by atoms with E-state index in [9.17, 15) is 9.59 Å². The Bertz CT molecular complexity index is 1480. The molecule has 1 N–H and O–H groups in total. The van der Waals surface area contributed by atoms with E-state index < -0.39 is 23.7 Å². The lowest BCUT2D eigenvalue weighted by atomic mass is 10.0. The number of rotatable bonds is 9. The van der Waals surface area contributed by atoms with Crippen molar-refractivity contribution in [2.45, 2.75) is 44.3 Å². The van der Waals surface area contributed by atoms with Crippen molar-refractivity contribution >= 4 is 28.5 Å². The molecule has 1 heterocycles. The van der Waals surface area contributed by atoms with Crippen molar-refractivity contribution in [3.05, 3.63) is 78.1 Å².